The number of methoxy groups -OCH3 is 1. The lowest BCUT2D eigenvalue weighted by atomic mass is 9.99. The lowest BCUT2D eigenvalue weighted by Crippen LogP contribution is -1.95. The van der Waals surface area contributed by atoms with E-state index in [1.165, 1.54) is 7.11 Å². The van der Waals surface area contributed by atoms with E-state index in [1.807, 2.05) is 12.1 Å². The second-order valence-electron chi connectivity index (χ2n) is 4.03. The minimum atomic E-state index is -0.387. The maximum absolute atomic E-state index is 13.9. The van der Waals surface area contributed by atoms with E-state index in [0.717, 1.165) is 10.9 Å². The molecule has 2 rings (SSSR count). The molecule has 1 aromatic heterocycles. The summed E-state index contributed by atoms with van der Waals surface area (Å²) in [7, 11) is 1.45. The van der Waals surface area contributed by atoms with Crippen LogP contribution in [-0.4, -0.2) is 12.1 Å². The van der Waals surface area contributed by atoms with Crippen LogP contribution in [0.3, 0.4) is 0 Å². The first-order valence-electron chi connectivity index (χ1n) is 5.26. The predicted molar refractivity (Wildman–Crippen MR) is 62.3 cm³/mol. The lowest BCUT2D eigenvalue weighted by Gasteiger charge is -2.11. The van der Waals surface area contributed by atoms with E-state index in [9.17, 15) is 4.39 Å². The number of rotatable bonds is 2. The van der Waals surface area contributed by atoms with E-state index in [1.54, 1.807) is 12.3 Å². The maximum Gasteiger partial charge on any atom is 0.191 e. The summed E-state index contributed by atoms with van der Waals surface area (Å²) in [6, 6.07) is 5.43. The first-order valence-corrected chi connectivity index (χ1v) is 5.26. The smallest absolute Gasteiger partial charge is 0.191 e. The third-order valence-corrected chi connectivity index (χ3v) is 2.69. The van der Waals surface area contributed by atoms with Gasteiger partial charge in [0, 0.05) is 11.6 Å². The van der Waals surface area contributed by atoms with Gasteiger partial charge in [0.2, 0.25) is 0 Å². The Kier molecular flexibility index (Phi) is 2.77. The zero-order valence-electron chi connectivity index (χ0n) is 9.62. The Bertz CT molecular complexity index is 523. The first-order chi connectivity index (χ1) is 7.65. The molecule has 0 radical (unpaired) electrons. The largest absolute Gasteiger partial charge is 0.494 e. The van der Waals surface area contributed by atoms with Gasteiger partial charge in [-0.1, -0.05) is 13.8 Å². The normalized spacial score (nSPS) is 11.1. The average molecular weight is 219 g/mol. The second kappa shape index (κ2) is 4.08. The molecule has 0 fully saturated rings. The SMILES string of the molecule is COc1ccc2c(C(C)C)ccnc2c1F. The summed E-state index contributed by atoms with van der Waals surface area (Å²) in [6.07, 6.45) is 1.64. The zero-order valence-corrected chi connectivity index (χ0v) is 9.62. The summed E-state index contributed by atoms with van der Waals surface area (Å²) in [5.41, 5.74) is 1.48. The number of aromatic nitrogens is 1. The minimum absolute atomic E-state index is 0.237. The van der Waals surface area contributed by atoms with Crippen LogP contribution in [0.2, 0.25) is 0 Å². The third-order valence-electron chi connectivity index (χ3n) is 2.69. The molecule has 3 heteroatoms. The van der Waals surface area contributed by atoms with Crippen LogP contribution in [0.15, 0.2) is 24.4 Å². The summed E-state index contributed by atoms with van der Waals surface area (Å²) in [4.78, 5) is 4.08. The van der Waals surface area contributed by atoms with Gasteiger partial charge >= 0.3 is 0 Å². The van der Waals surface area contributed by atoms with Crippen molar-refractivity contribution in [2.75, 3.05) is 7.11 Å². The molecule has 0 aliphatic heterocycles. The highest BCUT2D eigenvalue weighted by molar-refractivity contribution is 5.84. The van der Waals surface area contributed by atoms with Gasteiger partial charge in [-0.15, -0.1) is 0 Å². The van der Waals surface area contributed by atoms with Crippen molar-refractivity contribution in [3.8, 4) is 5.75 Å². The van der Waals surface area contributed by atoms with E-state index >= 15 is 0 Å². The molecular weight excluding hydrogens is 205 g/mol. The molecule has 84 valence electrons. The monoisotopic (exact) mass is 219 g/mol. The van der Waals surface area contributed by atoms with Crippen molar-refractivity contribution < 1.29 is 9.13 Å². The number of hydrogen-bond donors (Lipinski definition) is 0. The van der Waals surface area contributed by atoms with Crippen molar-refractivity contribution in [1.82, 2.24) is 4.98 Å². The second-order valence-corrected chi connectivity index (χ2v) is 4.03. The number of fused-ring (bicyclic) bond motifs is 1. The Labute approximate surface area is 94.1 Å². The van der Waals surface area contributed by atoms with Crippen LogP contribution in [0.1, 0.15) is 25.3 Å². The highest BCUT2D eigenvalue weighted by Crippen LogP contribution is 2.29. The van der Waals surface area contributed by atoms with E-state index in [2.05, 4.69) is 18.8 Å². The van der Waals surface area contributed by atoms with Crippen LogP contribution < -0.4 is 4.74 Å². The molecule has 16 heavy (non-hydrogen) atoms. The molecular formula is C13H14FNO. The lowest BCUT2D eigenvalue weighted by molar-refractivity contribution is 0.388. The molecule has 0 saturated carbocycles. The van der Waals surface area contributed by atoms with Gasteiger partial charge in [0.05, 0.1) is 7.11 Å². The molecule has 0 spiro atoms. The van der Waals surface area contributed by atoms with Gasteiger partial charge in [0.15, 0.2) is 11.6 Å². The van der Waals surface area contributed by atoms with Crippen LogP contribution in [0.5, 0.6) is 5.75 Å². The molecule has 1 heterocycles. The summed E-state index contributed by atoms with van der Waals surface area (Å²) < 4.78 is 18.9. The average Bonchev–Trinajstić information content (AvgIpc) is 2.29. The molecule has 0 atom stereocenters. The zero-order chi connectivity index (χ0) is 11.7. The maximum atomic E-state index is 13.9. The summed E-state index contributed by atoms with van der Waals surface area (Å²) in [6.45, 7) is 4.16. The van der Waals surface area contributed by atoms with Crippen LogP contribution in [0, 0.1) is 5.82 Å². The highest BCUT2D eigenvalue weighted by atomic mass is 19.1. The van der Waals surface area contributed by atoms with Gasteiger partial charge in [-0.05, 0) is 29.7 Å². The van der Waals surface area contributed by atoms with Crippen LogP contribution in [-0.2, 0) is 0 Å². The molecule has 0 amide bonds. The molecule has 0 bridgehead atoms. The number of pyridine rings is 1. The topological polar surface area (TPSA) is 22.1 Å². The van der Waals surface area contributed by atoms with Crippen molar-refractivity contribution in [3.63, 3.8) is 0 Å². The fourth-order valence-corrected chi connectivity index (χ4v) is 1.85. The Hall–Kier alpha value is -1.64. The van der Waals surface area contributed by atoms with Gasteiger partial charge in [-0.2, -0.15) is 0 Å². The molecule has 0 N–H and O–H groups in total. The Morgan fingerprint density at radius 3 is 2.62 bits per heavy atom. The molecule has 0 saturated heterocycles. The highest BCUT2D eigenvalue weighted by Gasteiger charge is 2.12. The van der Waals surface area contributed by atoms with Crippen molar-refractivity contribution in [1.29, 1.82) is 0 Å². The molecule has 0 aliphatic carbocycles. The molecule has 1 aromatic carbocycles. The fourth-order valence-electron chi connectivity index (χ4n) is 1.85. The quantitative estimate of drug-likeness (QED) is 0.771. The number of nitrogens with zero attached hydrogens (tertiary/aromatic N) is 1. The number of benzene rings is 1. The first kappa shape index (κ1) is 10.9. The van der Waals surface area contributed by atoms with E-state index in [-0.39, 0.29) is 11.6 Å². The third kappa shape index (κ3) is 1.62. The molecule has 0 unspecified atom stereocenters. The summed E-state index contributed by atoms with van der Waals surface area (Å²) in [5.74, 6) is 0.196. The van der Waals surface area contributed by atoms with Crippen molar-refractivity contribution >= 4 is 10.9 Å². The van der Waals surface area contributed by atoms with Crippen molar-refractivity contribution in [3.05, 3.63) is 35.8 Å². The number of hydrogen-bond acceptors (Lipinski definition) is 2. The fraction of sp³-hybridized carbons (Fsp3) is 0.308. The van der Waals surface area contributed by atoms with Gasteiger partial charge in [-0.3, -0.25) is 4.98 Å². The van der Waals surface area contributed by atoms with Crippen LogP contribution in [0.25, 0.3) is 10.9 Å². The number of ether oxygens (including phenoxy) is 1. The van der Waals surface area contributed by atoms with Crippen molar-refractivity contribution in [2.24, 2.45) is 0 Å². The summed E-state index contributed by atoms with van der Waals surface area (Å²) >= 11 is 0. The van der Waals surface area contributed by atoms with E-state index in [4.69, 9.17) is 4.74 Å². The number of halogens is 1. The molecule has 0 aliphatic rings. The Balaban J connectivity index is 2.77. The van der Waals surface area contributed by atoms with Gasteiger partial charge < -0.3 is 4.74 Å². The Morgan fingerprint density at radius 2 is 2.00 bits per heavy atom. The standard InChI is InChI=1S/C13H14FNO/c1-8(2)9-6-7-15-13-10(9)4-5-11(16-3)12(13)14/h4-8H,1-3H3. The predicted octanol–water partition coefficient (Wildman–Crippen LogP) is 3.51. The summed E-state index contributed by atoms with van der Waals surface area (Å²) in [5, 5.41) is 0.857. The van der Waals surface area contributed by atoms with E-state index < -0.39 is 0 Å². The van der Waals surface area contributed by atoms with E-state index in [0.29, 0.717) is 11.4 Å². The van der Waals surface area contributed by atoms with Crippen LogP contribution >= 0.6 is 0 Å². The van der Waals surface area contributed by atoms with Crippen LogP contribution in [0.4, 0.5) is 4.39 Å². The minimum Gasteiger partial charge on any atom is -0.494 e. The van der Waals surface area contributed by atoms with Gasteiger partial charge in [0.25, 0.3) is 0 Å². The molecule has 2 aromatic rings. The van der Waals surface area contributed by atoms with Gasteiger partial charge in [-0.25, -0.2) is 4.39 Å². The Morgan fingerprint density at radius 1 is 1.25 bits per heavy atom. The van der Waals surface area contributed by atoms with Crippen molar-refractivity contribution in [2.45, 2.75) is 19.8 Å². The molecule has 2 nitrogen and oxygen atoms in total. The van der Waals surface area contributed by atoms with Gasteiger partial charge in [0.1, 0.15) is 5.52 Å².